The fourth-order valence-electron chi connectivity index (χ4n) is 4.13. The lowest BCUT2D eigenvalue weighted by atomic mass is 9.86. The highest BCUT2D eigenvalue weighted by Gasteiger charge is 2.25. The van der Waals surface area contributed by atoms with Gasteiger partial charge in [0.2, 0.25) is 5.91 Å². The molecule has 1 saturated carbocycles. The van der Waals surface area contributed by atoms with Gasteiger partial charge in [-0.1, -0.05) is 60.2 Å². The van der Waals surface area contributed by atoms with Crippen LogP contribution in [0.15, 0.2) is 22.7 Å². The first kappa shape index (κ1) is 17.9. The van der Waals surface area contributed by atoms with E-state index < -0.39 is 0 Å². The van der Waals surface area contributed by atoms with Gasteiger partial charge in [0.25, 0.3) is 0 Å². The van der Waals surface area contributed by atoms with Crippen molar-refractivity contribution in [1.29, 1.82) is 0 Å². The molecule has 0 unspecified atom stereocenters. The Morgan fingerprint density at radius 3 is 2.88 bits per heavy atom. The Morgan fingerprint density at radius 2 is 2.08 bits per heavy atom. The van der Waals surface area contributed by atoms with Gasteiger partial charge in [-0.25, -0.2) is 0 Å². The Balaban J connectivity index is 1.46. The summed E-state index contributed by atoms with van der Waals surface area (Å²) in [7, 11) is 2.16. The molecule has 0 radical (unpaired) electrons. The highest BCUT2D eigenvalue weighted by atomic mass is 79.9. The number of amides is 1. The van der Waals surface area contributed by atoms with E-state index in [9.17, 15) is 4.79 Å². The maximum Gasteiger partial charge on any atom is 0.220 e. The highest BCUT2D eigenvalue weighted by Crippen LogP contribution is 2.29. The third-order valence-electron chi connectivity index (χ3n) is 5.74. The van der Waals surface area contributed by atoms with Crippen molar-refractivity contribution in [3.8, 4) is 0 Å². The lowest BCUT2D eigenvalue weighted by Crippen LogP contribution is -2.45. The Morgan fingerprint density at radius 1 is 1.29 bits per heavy atom. The van der Waals surface area contributed by atoms with Crippen LogP contribution in [0.4, 0.5) is 0 Å². The zero-order chi connectivity index (χ0) is 16.9. The van der Waals surface area contributed by atoms with Crippen LogP contribution in [0.2, 0.25) is 0 Å². The first-order chi connectivity index (χ1) is 11.6. The standard InChI is InChI=1S/C20H29BrN2O/c1-23-14-16-8-5-9-19(21)18(16)12-17(23)13-22-20(24)11-10-15-6-3-2-4-7-15/h5,8-9,15,17H,2-4,6-7,10-14H2,1H3,(H,22,24)/t17-/m0/s1. The van der Waals surface area contributed by atoms with Crippen molar-refractivity contribution < 1.29 is 4.79 Å². The van der Waals surface area contributed by atoms with Gasteiger partial charge >= 0.3 is 0 Å². The molecule has 1 aromatic rings. The molecule has 1 atom stereocenters. The largest absolute Gasteiger partial charge is 0.355 e. The van der Waals surface area contributed by atoms with E-state index in [0.29, 0.717) is 12.5 Å². The van der Waals surface area contributed by atoms with E-state index in [1.807, 2.05) is 0 Å². The summed E-state index contributed by atoms with van der Waals surface area (Å²) in [5.74, 6) is 1.01. The second kappa shape index (κ2) is 8.48. The number of likely N-dealkylation sites (N-methyl/N-ethyl adjacent to an activating group) is 1. The van der Waals surface area contributed by atoms with Crippen molar-refractivity contribution >= 4 is 21.8 Å². The molecule has 24 heavy (non-hydrogen) atoms. The van der Waals surface area contributed by atoms with E-state index in [-0.39, 0.29) is 5.91 Å². The van der Waals surface area contributed by atoms with E-state index in [1.54, 1.807) is 0 Å². The van der Waals surface area contributed by atoms with Crippen LogP contribution in [0.3, 0.4) is 0 Å². The van der Waals surface area contributed by atoms with Crippen molar-refractivity contribution in [3.63, 3.8) is 0 Å². The van der Waals surface area contributed by atoms with Crippen LogP contribution >= 0.6 is 15.9 Å². The van der Waals surface area contributed by atoms with Gasteiger partial charge in [0, 0.05) is 30.0 Å². The monoisotopic (exact) mass is 392 g/mol. The lowest BCUT2D eigenvalue weighted by molar-refractivity contribution is -0.121. The number of carbonyl (C=O) groups excluding carboxylic acids is 1. The van der Waals surface area contributed by atoms with Gasteiger partial charge in [-0.15, -0.1) is 0 Å². The summed E-state index contributed by atoms with van der Waals surface area (Å²) in [4.78, 5) is 14.6. The summed E-state index contributed by atoms with van der Waals surface area (Å²) in [5.41, 5.74) is 2.80. The van der Waals surface area contributed by atoms with Crippen LogP contribution < -0.4 is 5.32 Å². The second-order valence-electron chi connectivity index (χ2n) is 7.50. The van der Waals surface area contributed by atoms with Crippen molar-refractivity contribution in [2.24, 2.45) is 5.92 Å². The maximum atomic E-state index is 12.2. The first-order valence-corrected chi connectivity index (χ1v) is 10.2. The zero-order valence-electron chi connectivity index (χ0n) is 14.7. The molecule has 1 N–H and O–H groups in total. The Bertz CT molecular complexity index is 569. The van der Waals surface area contributed by atoms with E-state index in [4.69, 9.17) is 0 Å². The minimum absolute atomic E-state index is 0.229. The molecular weight excluding hydrogens is 364 g/mol. The molecule has 2 aliphatic rings. The van der Waals surface area contributed by atoms with Crippen molar-refractivity contribution in [3.05, 3.63) is 33.8 Å². The third-order valence-corrected chi connectivity index (χ3v) is 6.48. The number of rotatable bonds is 5. The molecule has 132 valence electrons. The van der Waals surface area contributed by atoms with Gasteiger partial charge in [-0.2, -0.15) is 0 Å². The minimum Gasteiger partial charge on any atom is -0.355 e. The van der Waals surface area contributed by atoms with Crippen LogP contribution in [-0.4, -0.2) is 30.4 Å². The van der Waals surface area contributed by atoms with E-state index in [2.05, 4.69) is 51.4 Å². The van der Waals surface area contributed by atoms with Gasteiger partial charge < -0.3 is 5.32 Å². The summed E-state index contributed by atoms with van der Waals surface area (Å²) < 4.78 is 1.20. The van der Waals surface area contributed by atoms with Gasteiger partial charge in [0.05, 0.1) is 0 Å². The van der Waals surface area contributed by atoms with Crippen LogP contribution in [0.5, 0.6) is 0 Å². The van der Waals surface area contributed by atoms with Gasteiger partial charge in [-0.3, -0.25) is 9.69 Å². The molecule has 1 aliphatic carbocycles. The topological polar surface area (TPSA) is 32.3 Å². The summed E-state index contributed by atoms with van der Waals surface area (Å²) >= 11 is 3.67. The maximum absolute atomic E-state index is 12.2. The molecule has 1 aromatic carbocycles. The number of hydrogen-bond acceptors (Lipinski definition) is 2. The average Bonchev–Trinajstić information content (AvgIpc) is 2.59. The number of nitrogens with one attached hydrogen (secondary N) is 1. The molecule has 1 fully saturated rings. The molecule has 4 heteroatoms. The van der Waals surface area contributed by atoms with Crippen molar-refractivity contribution in [2.75, 3.05) is 13.6 Å². The molecule has 0 bridgehead atoms. The average molecular weight is 393 g/mol. The Hall–Kier alpha value is -0.870. The zero-order valence-corrected chi connectivity index (χ0v) is 16.3. The molecule has 3 rings (SSSR count). The number of nitrogens with zero attached hydrogens (tertiary/aromatic N) is 1. The minimum atomic E-state index is 0.229. The normalized spacial score (nSPS) is 22.2. The molecule has 0 saturated heterocycles. The molecule has 3 nitrogen and oxygen atoms in total. The number of benzene rings is 1. The predicted molar refractivity (Wildman–Crippen MR) is 102 cm³/mol. The summed E-state index contributed by atoms with van der Waals surface area (Å²) in [6.45, 7) is 1.71. The van der Waals surface area contributed by atoms with Gasteiger partial charge in [0.1, 0.15) is 0 Å². The van der Waals surface area contributed by atoms with Crippen molar-refractivity contribution in [1.82, 2.24) is 10.2 Å². The first-order valence-electron chi connectivity index (χ1n) is 9.36. The predicted octanol–water partition coefficient (Wildman–Crippen LogP) is 4.28. The third kappa shape index (κ3) is 4.60. The summed E-state index contributed by atoms with van der Waals surface area (Å²) in [6, 6.07) is 6.80. The summed E-state index contributed by atoms with van der Waals surface area (Å²) in [6.07, 6.45) is 9.50. The number of fused-ring (bicyclic) bond motifs is 1. The highest BCUT2D eigenvalue weighted by molar-refractivity contribution is 9.10. The number of hydrogen-bond donors (Lipinski definition) is 1. The van der Waals surface area contributed by atoms with Gasteiger partial charge in [0.15, 0.2) is 0 Å². The van der Waals surface area contributed by atoms with Crippen LogP contribution in [0, 0.1) is 5.92 Å². The van der Waals surface area contributed by atoms with E-state index in [0.717, 1.165) is 31.8 Å². The van der Waals surface area contributed by atoms with Crippen LogP contribution in [-0.2, 0) is 17.8 Å². The molecule has 1 aliphatic heterocycles. The van der Waals surface area contributed by atoms with Crippen molar-refractivity contribution in [2.45, 2.75) is 64.0 Å². The molecular formula is C20H29BrN2O. The van der Waals surface area contributed by atoms with Crippen LogP contribution in [0.25, 0.3) is 0 Å². The Kier molecular flexibility index (Phi) is 6.34. The van der Waals surface area contributed by atoms with Crippen LogP contribution in [0.1, 0.15) is 56.1 Å². The van der Waals surface area contributed by atoms with Gasteiger partial charge in [-0.05, 0) is 43.0 Å². The SMILES string of the molecule is CN1Cc2cccc(Br)c2C[C@H]1CNC(=O)CCC1CCCCC1. The molecule has 1 amide bonds. The lowest BCUT2D eigenvalue weighted by Gasteiger charge is -2.34. The molecule has 0 aromatic heterocycles. The fraction of sp³-hybridized carbons (Fsp3) is 0.650. The second-order valence-corrected chi connectivity index (χ2v) is 8.35. The quantitative estimate of drug-likeness (QED) is 0.810. The van der Waals surface area contributed by atoms with E-state index >= 15 is 0 Å². The fourth-order valence-corrected chi connectivity index (χ4v) is 4.70. The number of carbonyl (C=O) groups is 1. The van der Waals surface area contributed by atoms with E-state index in [1.165, 1.54) is 47.7 Å². The number of halogens is 1. The Labute approximate surface area is 154 Å². The molecule has 0 spiro atoms. The molecule has 1 heterocycles. The summed E-state index contributed by atoms with van der Waals surface area (Å²) in [5, 5.41) is 3.18. The smallest absolute Gasteiger partial charge is 0.220 e.